The van der Waals surface area contributed by atoms with Crippen LogP contribution in [-0.4, -0.2) is 25.2 Å². The number of carbonyl (C=O) groups excluding carboxylic acids is 2. The summed E-state index contributed by atoms with van der Waals surface area (Å²) in [6.45, 7) is 7.74. The molecule has 0 radical (unpaired) electrons. The van der Waals surface area contributed by atoms with E-state index in [2.05, 4.69) is 6.58 Å². The molecule has 1 aliphatic rings. The highest BCUT2D eigenvalue weighted by Crippen LogP contribution is 2.38. The Kier molecular flexibility index (Phi) is 5.37. The van der Waals surface area contributed by atoms with Crippen LogP contribution in [0.2, 0.25) is 0 Å². The van der Waals surface area contributed by atoms with Crippen molar-refractivity contribution in [3.63, 3.8) is 0 Å². The monoisotopic (exact) mass is 314 g/mol. The average molecular weight is 314 g/mol. The van der Waals surface area contributed by atoms with Crippen LogP contribution in [0.25, 0.3) is 5.57 Å². The molecule has 0 heterocycles. The van der Waals surface area contributed by atoms with Gasteiger partial charge < -0.3 is 9.47 Å². The Balaban J connectivity index is 2.56. The summed E-state index contributed by atoms with van der Waals surface area (Å²) in [5.41, 5.74) is 1.47. The Morgan fingerprint density at radius 1 is 1.17 bits per heavy atom. The Morgan fingerprint density at radius 2 is 1.78 bits per heavy atom. The van der Waals surface area contributed by atoms with Crippen molar-refractivity contribution in [2.24, 2.45) is 5.41 Å². The van der Waals surface area contributed by atoms with E-state index in [1.165, 1.54) is 0 Å². The molecule has 0 bridgehead atoms. The molecule has 0 amide bonds. The van der Waals surface area contributed by atoms with Gasteiger partial charge in [0.2, 0.25) is 0 Å². The number of rotatable bonds is 5. The van der Waals surface area contributed by atoms with E-state index in [0.717, 1.165) is 16.7 Å². The van der Waals surface area contributed by atoms with Crippen LogP contribution in [0.3, 0.4) is 0 Å². The summed E-state index contributed by atoms with van der Waals surface area (Å²) in [5, 5.41) is 0. The van der Waals surface area contributed by atoms with Crippen molar-refractivity contribution in [3.05, 3.63) is 54.1 Å². The van der Waals surface area contributed by atoms with Gasteiger partial charge in [0.1, 0.15) is 0 Å². The predicted octanol–water partition coefficient (Wildman–Crippen LogP) is 3.31. The molecule has 23 heavy (non-hydrogen) atoms. The molecule has 0 saturated carbocycles. The van der Waals surface area contributed by atoms with Crippen LogP contribution in [-0.2, 0) is 25.5 Å². The third-order valence-electron chi connectivity index (χ3n) is 4.04. The summed E-state index contributed by atoms with van der Waals surface area (Å²) in [4.78, 5) is 25.2. The van der Waals surface area contributed by atoms with Crippen LogP contribution in [0.15, 0.2) is 43.0 Å². The van der Waals surface area contributed by atoms with E-state index in [0.29, 0.717) is 0 Å². The molecule has 4 heteroatoms. The number of carbonyl (C=O) groups is 2. The molecule has 0 unspecified atom stereocenters. The second kappa shape index (κ2) is 7.27. The van der Waals surface area contributed by atoms with Crippen molar-refractivity contribution in [2.45, 2.75) is 26.7 Å². The zero-order valence-electron chi connectivity index (χ0n) is 13.6. The zero-order chi connectivity index (χ0) is 16.9. The molecule has 1 aliphatic carbocycles. The van der Waals surface area contributed by atoms with Gasteiger partial charge >= 0.3 is 11.9 Å². The fraction of sp³-hybridized carbons (Fsp3) is 0.368. The second-order valence-electron chi connectivity index (χ2n) is 5.42. The first-order valence-electron chi connectivity index (χ1n) is 7.84. The fourth-order valence-corrected chi connectivity index (χ4v) is 2.87. The normalized spacial score (nSPS) is 15.7. The van der Waals surface area contributed by atoms with Crippen LogP contribution in [0.1, 0.15) is 31.4 Å². The lowest BCUT2D eigenvalue weighted by Gasteiger charge is -2.27. The van der Waals surface area contributed by atoms with Gasteiger partial charge in [-0.1, -0.05) is 43.0 Å². The molecule has 0 spiro atoms. The lowest BCUT2D eigenvalue weighted by Crippen LogP contribution is -2.43. The van der Waals surface area contributed by atoms with Crippen molar-refractivity contribution >= 4 is 17.5 Å². The van der Waals surface area contributed by atoms with Gasteiger partial charge in [-0.25, -0.2) is 0 Å². The molecule has 0 N–H and O–H groups in total. The Labute approximate surface area is 136 Å². The fourth-order valence-electron chi connectivity index (χ4n) is 2.87. The van der Waals surface area contributed by atoms with Gasteiger partial charge in [-0.15, -0.1) is 0 Å². The van der Waals surface area contributed by atoms with Crippen molar-refractivity contribution in [1.82, 2.24) is 0 Å². The number of allylic oxidation sites excluding steroid dienone is 3. The molecule has 0 atom stereocenters. The first kappa shape index (κ1) is 17.0. The number of esters is 2. The minimum Gasteiger partial charge on any atom is -0.465 e. The summed E-state index contributed by atoms with van der Waals surface area (Å²) in [6.07, 6.45) is 4.10. The highest BCUT2D eigenvalue weighted by Gasteiger charge is 2.49. The maximum atomic E-state index is 12.6. The summed E-state index contributed by atoms with van der Waals surface area (Å²) < 4.78 is 10.4. The van der Waals surface area contributed by atoms with Crippen molar-refractivity contribution < 1.29 is 19.1 Å². The van der Waals surface area contributed by atoms with Gasteiger partial charge in [0.25, 0.3) is 0 Å². The Bertz CT molecular complexity index is 625. The van der Waals surface area contributed by atoms with Crippen molar-refractivity contribution in [3.8, 4) is 0 Å². The summed E-state index contributed by atoms with van der Waals surface area (Å²) in [6, 6.07) is 7.71. The van der Waals surface area contributed by atoms with Gasteiger partial charge in [0, 0.05) is 6.42 Å². The molecule has 4 nitrogen and oxygen atoms in total. The maximum absolute atomic E-state index is 12.6. The Morgan fingerprint density at radius 3 is 2.35 bits per heavy atom. The molecule has 0 saturated heterocycles. The van der Waals surface area contributed by atoms with E-state index >= 15 is 0 Å². The minimum atomic E-state index is -1.34. The van der Waals surface area contributed by atoms with E-state index in [1.54, 1.807) is 19.9 Å². The molecular formula is C19H22O4. The molecule has 1 aromatic carbocycles. The van der Waals surface area contributed by atoms with Gasteiger partial charge in [0.15, 0.2) is 5.41 Å². The standard InChI is InChI=1S/C19H22O4/c1-4-14-11-12-19(17(20)22-5-2,18(21)23-6-3)13-15-9-7-8-10-16(14)15/h4,7-11H,1,5-6,12-13H2,2-3H3. The lowest BCUT2D eigenvalue weighted by molar-refractivity contribution is -0.171. The first-order valence-corrected chi connectivity index (χ1v) is 7.84. The number of hydrogen-bond acceptors (Lipinski definition) is 4. The Hall–Kier alpha value is -2.36. The quantitative estimate of drug-likeness (QED) is 0.618. The highest BCUT2D eigenvalue weighted by molar-refractivity contribution is 6.01. The lowest BCUT2D eigenvalue weighted by atomic mass is 9.79. The van der Waals surface area contributed by atoms with E-state index < -0.39 is 17.4 Å². The van der Waals surface area contributed by atoms with Gasteiger partial charge in [-0.3, -0.25) is 9.59 Å². The SMILES string of the molecule is C=CC1=CCC(C(=O)OCC)(C(=O)OCC)Cc2ccccc21. The van der Waals surface area contributed by atoms with Crippen LogP contribution >= 0.6 is 0 Å². The third-order valence-corrected chi connectivity index (χ3v) is 4.04. The predicted molar refractivity (Wildman–Crippen MR) is 88.6 cm³/mol. The summed E-state index contributed by atoms with van der Waals surface area (Å²) >= 11 is 0. The van der Waals surface area contributed by atoms with E-state index in [9.17, 15) is 9.59 Å². The third kappa shape index (κ3) is 3.21. The van der Waals surface area contributed by atoms with Crippen LogP contribution in [0.5, 0.6) is 0 Å². The molecule has 0 aromatic heterocycles. The van der Waals surface area contributed by atoms with E-state index in [1.807, 2.05) is 30.3 Å². The van der Waals surface area contributed by atoms with Crippen LogP contribution in [0.4, 0.5) is 0 Å². The summed E-state index contributed by atoms with van der Waals surface area (Å²) in [5.74, 6) is -1.07. The molecule has 0 aliphatic heterocycles. The van der Waals surface area contributed by atoms with Crippen molar-refractivity contribution in [1.29, 1.82) is 0 Å². The minimum absolute atomic E-state index is 0.222. The zero-order valence-corrected chi connectivity index (χ0v) is 13.6. The summed E-state index contributed by atoms with van der Waals surface area (Å²) in [7, 11) is 0. The topological polar surface area (TPSA) is 52.6 Å². The van der Waals surface area contributed by atoms with E-state index in [-0.39, 0.29) is 26.1 Å². The molecule has 0 fully saturated rings. The number of benzene rings is 1. The van der Waals surface area contributed by atoms with Gasteiger partial charge in [0.05, 0.1) is 13.2 Å². The van der Waals surface area contributed by atoms with Crippen molar-refractivity contribution in [2.75, 3.05) is 13.2 Å². The maximum Gasteiger partial charge on any atom is 0.324 e. The van der Waals surface area contributed by atoms with Gasteiger partial charge in [-0.05, 0) is 37.0 Å². The van der Waals surface area contributed by atoms with Gasteiger partial charge in [-0.2, -0.15) is 0 Å². The molecule has 122 valence electrons. The number of fused-ring (bicyclic) bond motifs is 1. The average Bonchev–Trinajstić information content (AvgIpc) is 2.72. The first-order chi connectivity index (χ1) is 11.1. The van der Waals surface area contributed by atoms with Crippen LogP contribution < -0.4 is 0 Å². The van der Waals surface area contributed by atoms with Crippen LogP contribution in [0, 0.1) is 5.41 Å². The second-order valence-corrected chi connectivity index (χ2v) is 5.42. The van der Waals surface area contributed by atoms with E-state index in [4.69, 9.17) is 9.47 Å². The molecule has 1 aromatic rings. The largest absolute Gasteiger partial charge is 0.465 e. The molecular weight excluding hydrogens is 292 g/mol. The smallest absolute Gasteiger partial charge is 0.324 e. The highest BCUT2D eigenvalue weighted by atomic mass is 16.6. The molecule has 2 rings (SSSR count). The number of ether oxygens (including phenoxy) is 2. The number of hydrogen-bond donors (Lipinski definition) is 0.